The lowest BCUT2D eigenvalue weighted by molar-refractivity contribution is 0.355. The molecular weight excluding hydrogens is 349 g/mol. The molecule has 0 amide bonds. The fourth-order valence-electron chi connectivity index (χ4n) is 1.79. The molecule has 2 aromatic carbocycles. The van der Waals surface area contributed by atoms with Gasteiger partial charge in [0, 0.05) is 11.1 Å². The van der Waals surface area contributed by atoms with Crippen LogP contribution in [0.15, 0.2) is 41.3 Å². The smallest absolute Gasteiger partial charge is 0.263 e. The van der Waals surface area contributed by atoms with Gasteiger partial charge >= 0.3 is 0 Å². The molecule has 0 unspecified atom stereocenters. The van der Waals surface area contributed by atoms with Crippen LogP contribution >= 0.6 is 23.2 Å². The molecule has 8 heteroatoms. The van der Waals surface area contributed by atoms with Crippen LogP contribution in [0.1, 0.15) is 0 Å². The van der Waals surface area contributed by atoms with Crippen LogP contribution in [-0.2, 0) is 10.0 Å². The summed E-state index contributed by atoms with van der Waals surface area (Å²) in [5, 5.41) is 0.356. The highest BCUT2D eigenvalue weighted by Crippen LogP contribution is 2.32. The third kappa shape index (κ3) is 3.58. The summed E-state index contributed by atoms with van der Waals surface area (Å²) in [4.78, 5) is -0.101. The van der Waals surface area contributed by atoms with E-state index in [0.717, 1.165) is 0 Å². The quantitative estimate of drug-likeness (QED) is 0.879. The van der Waals surface area contributed by atoms with Crippen LogP contribution in [0.3, 0.4) is 0 Å². The summed E-state index contributed by atoms with van der Waals surface area (Å²) in [5.41, 5.74) is 0.314. The predicted molar refractivity (Wildman–Crippen MR) is 86.8 cm³/mol. The van der Waals surface area contributed by atoms with E-state index in [9.17, 15) is 8.42 Å². The summed E-state index contributed by atoms with van der Waals surface area (Å²) in [6, 6.07) is 8.88. The summed E-state index contributed by atoms with van der Waals surface area (Å²) >= 11 is 11.8. The fourth-order valence-corrected chi connectivity index (χ4v) is 3.61. The van der Waals surface area contributed by atoms with Crippen LogP contribution in [0.4, 0.5) is 5.69 Å². The molecule has 0 aromatic heterocycles. The maximum Gasteiger partial charge on any atom is 0.263 e. The Bertz CT molecular complexity index is 793. The van der Waals surface area contributed by atoms with E-state index in [1.165, 1.54) is 38.5 Å². The third-order valence-corrected chi connectivity index (χ3v) is 4.92. The average molecular weight is 362 g/mol. The molecule has 0 aliphatic carbocycles. The monoisotopic (exact) mass is 361 g/mol. The zero-order valence-electron chi connectivity index (χ0n) is 11.8. The Balaban J connectivity index is 2.39. The lowest BCUT2D eigenvalue weighted by atomic mass is 10.3. The minimum Gasteiger partial charge on any atom is -0.493 e. The lowest BCUT2D eigenvalue weighted by Gasteiger charge is -2.12. The summed E-state index contributed by atoms with van der Waals surface area (Å²) in [5.74, 6) is 0.895. The Kier molecular flexibility index (Phi) is 5.05. The molecule has 22 heavy (non-hydrogen) atoms. The molecule has 0 aliphatic heterocycles. The van der Waals surface area contributed by atoms with Crippen molar-refractivity contribution in [3.05, 3.63) is 46.4 Å². The zero-order valence-corrected chi connectivity index (χ0v) is 14.1. The van der Waals surface area contributed by atoms with Gasteiger partial charge in [0.2, 0.25) is 0 Å². The summed E-state index contributed by atoms with van der Waals surface area (Å²) < 4.78 is 37.5. The van der Waals surface area contributed by atoms with Gasteiger partial charge in [0.15, 0.2) is 11.5 Å². The predicted octanol–water partition coefficient (Wildman–Crippen LogP) is 3.81. The number of hydrogen-bond donors (Lipinski definition) is 1. The van der Waals surface area contributed by atoms with Gasteiger partial charge in [-0.2, -0.15) is 0 Å². The summed E-state index contributed by atoms with van der Waals surface area (Å²) in [7, 11) is -0.918. The van der Waals surface area contributed by atoms with E-state index >= 15 is 0 Å². The molecule has 5 nitrogen and oxygen atoms in total. The maximum atomic E-state index is 12.4. The molecule has 1 N–H and O–H groups in total. The first-order valence-corrected chi connectivity index (χ1v) is 8.31. The molecule has 2 rings (SSSR count). The third-order valence-electron chi connectivity index (χ3n) is 2.82. The fraction of sp³-hybridized carbons (Fsp3) is 0.143. The minimum atomic E-state index is -3.87. The van der Waals surface area contributed by atoms with Crippen molar-refractivity contribution in [2.45, 2.75) is 4.90 Å². The molecule has 0 aliphatic rings. The Hall–Kier alpha value is -1.63. The van der Waals surface area contributed by atoms with Crippen molar-refractivity contribution in [1.29, 1.82) is 0 Å². The topological polar surface area (TPSA) is 64.6 Å². The second-order valence-corrected chi connectivity index (χ2v) is 6.74. The molecular formula is C14H13Cl2NO4S. The number of methoxy groups -OCH3 is 2. The number of anilines is 1. The van der Waals surface area contributed by atoms with Crippen LogP contribution in [0, 0.1) is 0 Å². The number of halogens is 2. The number of benzene rings is 2. The van der Waals surface area contributed by atoms with Gasteiger partial charge in [-0.05, 0) is 30.3 Å². The number of hydrogen-bond acceptors (Lipinski definition) is 4. The van der Waals surface area contributed by atoms with E-state index in [-0.39, 0.29) is 14.9 Å². The van der Waals surface area contributed by atoms with Gasteiger partial charge in [0.25, 0.3) is 10.0 Å². The van der Waals surface area contributed by atoms with Crippen LogP contribution < -0.4 is 14.2 Å². The van der Waals surface area contributed by atoms with Crippen molar-refractivity contribution >= 4 is 38.9 Å². The summed E-state index contributed by atoms with van der Waals surface area (Å²) in [6.07, 6.45) is 0. The normalized spacial score (nSPS) is 11.1. The minimum absolute atomic E-state index is 0.0809. The first-order chi connectivity index (χ1) is 10.4. The Morgan fingerprint density at radius 3 is 2.27 bits per heavy atom. The first-order valence-electron chi connectivity index (χ1n) is 6.07. The van der Waals surface area contributed by atoms with Gasteiger partial charge in [0.1, 0.15) is 4.90 Å². The molecule has 0 radical (unpaired) electrons. The van der Waals surface area contributed by atoms with Crippen molar-refractivity contribution in [1.82, 2.24) is 0 Å². The number of rotatable bonds is 5. The van der Waals surface area contributed by atoms with Gasteiger partial charge in [-0.15, -0.1) is 0 Å². The first kappa shape index (κ1) is 16.7. The van der Waals surface area contributed by atoms with Crippen molar-refractivity contribution in [2.24, 2.45) is 0 Å². The van der Waals surface area contributed by atoms with E-state index in [4.69, 9.17) is 32.7 Å². The van der Waals surface area contributed by atoms with E-state index in [1.54, 1.807) is 12.1 Å². The van der Waals surface area contributed by atoms with Crippen LogP contribution in [0.2, 0.25) is 10.0 Å². The average Bonchev–Trinajstić information content (AvgIpc) is 2.49. The van der Waals surface area contributed by atoms with Gasteiger partial charge in [-0.1, -0.05) is 23.2 Å². The molecule has 0 fully saturated rings. The van der Waals surface area contributed by atoms with E-state index < -0.39 is 10.0 Å². The van der Waals surface area contributed by atoms with Crippen molar-refractivity contribution < 1.29 is 17.9 Å². The largest absolute Gasteiger partial charge is 0.493 e. The van der Waals surface area contributed by atoms with Gasteiger partial charge in [-0.3, -0.25) is 4.72 Å². The van der Waals surface area contributed by atoms with Crippen molar-refractivity contribution in [2.75, 3.05) is 18.9 Å². The highest BCUT2D eigenvalue weighted by atomic mass is 35.5. The molecule has 0 heterocycles. The second-order valence-electron chi connectivity index (χ2n) is 4.25. The van der Waals surface area contributed by atoms with Crippen LogP contribution in [0.25, 0.3) is 0 Å². The Morgan fingerprint density at radius 2 is 1.64 bits per heavy atom. The van der Waals surface area contributed by atoms with Gasteiger partial charge in [0.05, 0.1) is 24.9 Å². The molecule has 2 aromatic rings. The van der Waals surface area contributed by atoms with E-state index in [0.29, 0.717) is 17.2 Å². The van der Waals surface area contributed by atoms with Crippen LogP contribution in [0.5, 0.6) is 11.5 Å². The molecule has 118 valence electrons. The highest BCUT2D eigenvalue weighted by Gasteiger charge is 2.19. The standard InChI is InChI=1S/C14H13Cl2NO4S/c1-20-12-6-4-10(8-13(12)21-2)17-22(18,19)14-7-9(15)3-5-11(14)16/h3-8,17H,1-2H3. The number of nitrogens with one attached hydrogen (secondary N) is 1. The van der Waals surface area contributed by atoms with Crippen molar-refractivity contribution in [3.8, 4) is 11.5 Å². The van der Waals surface area contributed by atoms with E-state index in [1.807, 2.05) is 0 Å². The van der Waals surface area contributed by atoms with E-state index in [2.05, 4.69) is 4.72 Å². The summed E-state index contributed by atoms with van der Waals surface area (Å²) in [6.45, 7) is 0. The molecule has 0 spiro atoms. The Labute approximate surface area is 138 Å². The van der Waals surface area contributed by atoms with Crippen LogP contribution in [-0.4, -0.2) is 22.6 Å². The maximum absolute atomic E-state index is 12.4. The van der Waals surface area contributed by atoms with Gasteiger partial charge in [-0.25, -0.2) is 8.42 Å². The zero-order chi connectivity index (χ0) is 16.3. The molecule has 0 atom stereocenters. The van der Waals surface area contributed by atoms with Gasteiger partial charge < -0.3 is 9.47 Å². The highest BCUT2D eigenvalue weighted by molar-refractivity contribution is 7.92. The Morgan fingerprint density at radius 1 is 0.955 bits per heavy atom. The molecule has 0 saturated heterocycles. The number of sulfonamides is 1. The number of ether oxygens (including phenoxy) is 2. The molecule has 0 saturated carbocycles. The van der Waals surface area contributed by atoms with Crippen molar-refractivity contribution in [3.63, 3.8) is 0 Å². The lowest BCUT2D eigenvalue weighted by Crippen LogP contribution is -2.13. The SMILES string of the molecule is COc1ccc(NS(=O)(=O)c2cc(Cl)ccc2Cl)cc1OC. The second kappa shape index (κ2) is 6.64. The molecule has 0 bridgehead atoms.